The molecular weight excluding hydrogens is 452 g/mol. The van der Waals surface area contributed by atoms with E-state index in [-0.39, 0.29) is 54.1 Å². The number of aliphatic imine (C=N–C) groups is 1. The zero-order valence-corrected chi connectivity index (χ0v) is 17.9. The standard InChI is InChI=1S/C18H26FN3O3.HI/c1-18(2)14(7-15(18)23-4)22-17(20-3)21-8-11-5-13(19)6-12-9-24-10-25-16(11)12;/h5-6,14-15H,7-10H2,1-4H3,(H2,20,21,22);1H. The van der Waals surface area contributed by atoms with E-state index >= 15 is 0 Å². The number of rotatable bonds is 4. The molecule has 2 aliphatic rings. The van der Waals surface area contributed by atoms with Gasteiger partial charge in [-0.1, -0.05) is 13.8 Å². The predicted octanol–water partition coefficient (Wildman–Crippen LogP) is 2.79. The summed E-state index contributed by atoms with van der Waals surface area (Å²) < 4.78 is 30.1. The fourth-order valence-electron chi connectivity index (χ4n) is 3.46. The molecule has 1 aliphatic carbocycles. The summed E-state index contributed by atoms with van der Waals surface area (Å²) in [5.41, 5.74) is 1.52. The Balaban J connectivity index is 0.00000243. The topological polar surface area (TPSA) is 64.1 Å². The number of guanidine groups is 1. The normalized spacial score (nSPS) is 23.8. The summed E-state index contributed by atoms with van der Waals surface area (Å²) in [5.74, 6) is 1.08. The van der Waals surface area contributed by atoms with Crippen LogP contribution in [0.4, 0.5) is 4.39 Å². The Labute approximate surface area is 170 Å². The van der Waals surface area contributed by atoms with Crippen LogP contribution in [0.5, 0.6) is 5.75 Å². The smallest absolute Gasteiger partial charge is 0.191 e. The maximum absolute atomic E-state index is 13.8. The molecule has 0 spiro atoms. The molecule has 0 aromatic heterocycles. The maximum Gasteiger partial charge on any atom is 0.191 e. The highest BCUT2D eigenvalue weighted by atomic mass is 127. The molecule has 2 unspecified atom stereocenters. The Morgan fingerprint density at radius 1 is 1.42 bits per heavy atom. The van der Waals surface area contributed by atoms with Gasteiger partial charge in [-0.15, -0.1) is 24.0 Å². The molecule has 0 radical (unpaired) electrons. The summed E-state index contributed by atoms with van der Waals surface area (Å²) in [6.45, 7) is 5.31. The van der Waals surface area contributed by atoms with Gasteiger partial charge in [-0.2, -0.15) is 0 Å². The minimum absolute atomic E-state index is 0. The SMILES string of the molecule is CN=C(NCc1cc(F)cc2c1OCOC2)NC1CC(OC)C1(C)C.I. The van der Waals surface area contributed by atoms with Gasteiger partial charge in [0.15, 0.2) is 12.8 Å². The van der Waals surface area contributed by atoms with Crippen molar-refractivity contribution in [1.82, 2.24) is 10.6 Å². The van der Waals surface area contributed by atoms with Crippen LogP contribution in [-0.4, -0.2) is 39.1 Å². The molecule has 6 nitrogen and oxygen atoms in total. The number of nitrogens with one attached hydrogen (secondary N) is 2. The van der Waals surface area contributed by atoms with E-state index < -0.39 is 0 Å². The summed E-state index contributed by atoms with van der Waals surface area (Å²) in [5, 5.41) is 6.67. The van der Waals surface area contributed by atoms with Crippen molar-refractivity contribution >= 4 is 29.9 Å². The van der Waals surface area contributed by atoms with Crippen molar-refractivity contribution in [3.05, 3.63) is 29.1 Å². The largest absolute Gasteiger partial charge is 0.467 e. The fourth-order valence-corrected chi connectivity index (χ4v) is 3.46. The summed E-state index contributed by atoms with van der Waals surface area (Å²) in [4.78, 5) is 4.27. The molecule has 1 aromatic carbocycles. The molecule has 1 saturated carbocycles. The Bertz CT molecular complexity index is 669. The van der Waals surface area contributed by atoms with E-state index in [1.165, 1.54) is 12.1 Å². The number of benzene rings is 1. The minimum Gasteiger partial charge on any atom is -0.467 e. The monoisotopic (exact) mass is 479 g/mol. The Morgan fingerprint density at radius 2 is 2.19 bits per heavy atom. The molecule has 26 heavy (non-hydrogen) atoms. The lowest BCUT2D eigenvalue weighted by Crippen LogP contribution is -2.63. The third-order valence-electron chi connectivity index (χ3n) is 5.19. The summed E-state index contributed by atoms with van der Waals surface area (Å²) >= 11 is 0. The molecule has 2 atom stereocenters. The van der Waals surface area contributed by atoms with Crippen molar-refractivity contribution in [2.45, 2.75) is 45.6 Å². The highest BCUT2D eigenvalue weighted by Gasteiger charge is 2.48. The second-order valence-corrected chi connectivity index (χ2v) is 7.07. The molecule has 146 valence electrons. The molecule has 1 heterocycles. The van der Waals surface area contributed by atoms with Gasteiger partial charge in [-0.05, 0) is 18.6 Å². The van der Waals surface area contributed by atoms with Crippen LogP contribution in [0.25, 0.3) is 0 Å². The first kappa shape index (κ1) is 21.2. The maximum atomic E-state index is 13.8. The Hall–Kier alpha value is -1.13. The van der Waals surface area contributed by atoms with Crippen LogP contribution < -0.4 is 15.4 Å². The molecular formula is C18H27FIN3O3. The number of hydrogen-bond acceptors (Lipinski definition) is 4. The van der Waals surface area contributed by atoms with Crippen LogP contribution in [0.1, 0.15) is 31.4 Å². The van der Waals surface area contributed by atoms with E-state index in [1.54, 1.807) is 14.2 Å². The van der Waals surface area contributed by atoms with Crippen LogP contribution in [0.2, 0.25) is 0 Å². The highest BCUT2D eigenvalue weighted by molar-refractivity contribution is 14.0. The third-order valence-corrected chi connectivity index (χ3v) is 5.19. The first-order valence-corrected chi connectivity index (χ1v) is 8.47. The van der Waals surface area contributed by atoms with Crippen molar-refractivity contribution in [2.75, 3.05) is 21.0 Å². The van der Waals surface area contributed by atoms with Crippen molar-refractivity contribution in [1.29, 1.82) is 0 Å². The van der Waals surface area contributed by atoms with E-state index in [9.17, 15) is 4.39 Å². The first-order valence-electron chi connectivity index (χ1n) is 8.47. The summed E-state index contributed by atoms with van der Waals surface area (Å²) in [7, 11) is 3.46. The lowest BCUT2D eigenvalue weighted by atomic mass is 9.64. The second kappa shape index (κ2) is 8.71. The van der Waals surface area contributed by atoms with Crippen LogP contribution >= 0.6 is 24.0 Å². The molecule has 0 bridgehead atoms. The second-order valence-electron chi connectivity index (χ2n) is 7.07. The van der Waals surface area contributed by atoms with Gasteiger partial charge in [-0.3, -0.25) is 4.99 Å². The minimum atomic E-state index is -0.296. The van der Waals surface area contributed by atoms with E-state index in [0.29, 0.717) is 24.9 Å². The highest BCUT2D eigenvalue weighted by Crippen LogP contribution is 2.42. The number of hydrogen-bond donors (Lipinski definition) is 2. The van der Waals surface area contributed by atoms with E-state index in [4.69, 9.17) is 14.2 Å². The van der Waals surface area contributed by atoms with Gasteiger partial charge in [0.25, 0.3) is 0 Å². The molecule has 1 fully saturated rings. The van der Waals surface area contributed by atoms with E-state index in [1.807, 2.05) is 0 Å². The van der Waals surface area contributed by atoms with Crippen LogP contribution in [0.3, 0.4) is 0 Å². The molecule has 2 N–H and O–H groups in total. The molecule has 8 heteroatoms. The fraction of sp³-hybridized carbons (Fsp3) is 0.611. The number of fused-ring (bicyclic) bond motifs is 1. The Morgan fingerprint density at radius 3 is 2.85 bits per heavy atom. The van der Waals surface area contributed by atoms with Gasteiger partial charge in [0.1, 0.15) is 11.6 Å². The van der Waals surface area contributed by atoms with E-state index in [2.05, 4.69) is 29.5 Å². The zero-order valence-electron chi connectivity index (χ0n) is 15.6. The van der Waals surface area contributed by atoms with Gasteiger partial charge in [0.05, 0.1) is 12.7 Å². The lowest BCUT2D eigenvalue weighted by Gasteiger charge is -2.51. The average Bonchev–Trinajstić information content (AvgIpc) is 2.60. The molecule has 1 aromatic rings. The average molecular weight is 479 g/mol. The summed E-state index contributed by atoms with van der Waals surface area (Å²) in [6.07, 6.45) is 1.17. The van der Waals surface area contributed by atoms with Crippen LogP contribution in [0.15, 0.2) is 17.1 Å². The Kier molecular flexibility index (Phi) is 7.09. The molecule has 1 aliphatic heterocycles. The van der Waals surface area contributed by atoms with Gasteiger partial charge in [-0.25, -0.2) is 4.39 Å². The van der Waals surface area contributed by atoms with Crippen molar-refractivity contribution < 1.29 is 18.6 Å². The summed E-state index contributed by atoms with van der Waals surface area (Å²) in [6, 6.07) is 3.21. The third kappa shape index (κ3) is 4.23. The number of ether oxygens (including phenoxy) is 3. The number of halogens is 2. The van der Waals surface area contributed by atoms with Gasteiger partial charge < -0.3 is 24.8 Å². The lowest BCUT2D eigenvalue weighted by molar-refractivity contribution is -0.0922. The number of methoxy groups -OCH3 is 1. The van der Waals surface area contributed by atoms with Gasteiger partial charge in [0, 0.05) is 43.3 Å². The molecule has 0 amide bonds. The molecule has 3 rings (SSSR count). The van der Waals surface area contributed by atoms with Crippen molar-refractivity contribution in [2.24, 2.45) is 10.4 Å². The van der Waals surface area contributed by atoms with E-state index in [0.717, 1.165) is 17.5 Å². The zero-order chi connectivity index (χ0) is 18.0. The quantitative estimate of drug-likeness (QED) is 0.395. The number of nitrogens with zero attached hydrogens (tertiary/aromatic N) is 1. The van der Waals surface area contributed by atoms with Crippen molar-refractivity contribution in [3.8, 4) is 5.75 Å². The first-order chi connectivity index (χ1) is 12.0. The van der Waals surface area contributed by atoms with Crippen LogP contribution in [0, 0.1) is 11.2 Å². The van der Waals surface area contributed by atoms with Gasteiger partial charge >= 0.3 is 0 Å². The van der Waals surface area contributed by atoms with Gasteiger partial charge in [0.2, 0.25) is 0 Å². The predicted molar refractivity (Wildman–Crippen MR) is 108 cm³/mol. The van der Waals surface area contributed by atoms with Crippen molar-refractivity contribution in [3.63, 3.8) is 0 Å². The van der Waals surface area contributed by atoms with Crippen LogP contribution in [-0.2, 0) is 22.6 Å². The molecule has 0 saturated heterocycles.